The third kappa shape index (κ3) is 5.90. The van der Waals surface area contributed by atoms with Crippen LogP contribution >= 0.6 is 0 Å². The van der Waals surface area contributed by atoms with Gasteiger partial charge in [0.25, 0.3) is 5.91 Å². The van der Waals surface area contributed by atoms with Crippen molar-refractivity contribution in [3.63, 3.8) is 0 Å². The second kappa shape index (κ2) is 8.99. The second-order valence-corrected chi connectivity index (χ2v) is 8.34. The first-order valence-electron chi connectivity index (χ1n) is 8.79. The first kappa shape index (κ1) is 21.6. The quantitative estimate of drug-likeness (QED) is 0.659. The van der Waals surface area contributed by atoms with Crippen molar-refractivity contribution >= 4 is 27.4 Å². The van der Waals surface area contributed by atoms with Crippen LogP contribution in [-0.4, -0.2) is 32.3 Å². The lowest BCUT2D eigenvalue weighted by atomic mass is 10.1. The fourth-order valence-corrected chi connectivity index (χ4v) is 3.62. The normalized spacial score (nSPS) is 12.5. The van der Waals surface area contributed by atoms with Crippen LogP contribution in [-0.2, 0) is 14.8 Å². The van der Waals surface area contributed by atoms with Gasteiger partial charge < -0.3 is 10.1 Å². The summed E-state index contributed by atoms with van der Waals surface area (Å²) in [6, 6.07) is 12.2. The number of ether oxygens (including phenoxy) is 1. The summed E-state index contributed by atoms with van der Waals surface area (Å²) in [7, 11) is -3.58. The largest absolute Gasteiger partial charge is 0.481 e. The second-order valence-electron chi connectivity index (χ2n) is 6.63. The van der Waals surface area contributed by atoms with Crippen LogP contribution in [0.2, 0.25) is 0 Å². The molecule has 7 nitrogen and oxygen atoms in total. The van der Waals surface area contributed by atoms with Crippen molar-refractivity contribution < 1.29 is 22.7 Å². The van der Waals surface area contributed by atoms with Crippen molar-refractivity contribution in [2.75, 3.05) is 5.32 Å². The van der Waals surface area contributed by atoms with Crippen LogP contribution in [0.3, 0.4) is 0 Å². The fraction of sp³-hybridized carbons (Fsp3) is 0.300. The SMILES string of the molecule is CC(=O)c1ccc(O[C@@H](C)C(=O)Nc2ccc(S(=O)(=O)NC(C)C)cc2)cc1. The maximum atomic E-state index is 12.3. The number of ketones is 1. The summed E-state index contributed by atoms with van der Waals surface area (Å²) >= 11 is 0. The molecular formula is C20H24N2O5S. The summed E-state index contributed by atoms with van der Waals surface area (Å²) in [5.41, 5.74) is 1.02. The Bertz CT molecular complexity index is 936. The number of carbonyl (C=O) groups is 2. The molecule has 0 aliphatic carbocycles. The lowest BCUT2D eigenvalue weighted by molar-refractivity contribution is -0.122. The smallest absolute Gasteiger partial charge is 0.265 e. The number of amides is 1. The highest BCUT2D eigenvalue weighted by Gasteiger charge is 2.17. The molecule has 0 heterocycles. The standard InChI is InChI=1S/C20H24N2O5S/c1-13(2)22-28(25,26)19-11-7-17(8-12-19)21-20(24)15(4)27-18-9-5-16(6-10-18)14(3)23/h5-13,15,22H,1-4H3,(H,21,24)/t15-/m0/s1. The number of carbonyl (C=O) groups excluding carboxylic acids is 2. The molecule has 0 aliphatic rings. The number of hydrogen-bond acceptors (Lipinski definition) is 5. The lowest BCUT2D eigenvalue weighted by Crippen LogP contribution is -2.31. The lowest BCUT2D eigenvalue weighted by Gasteiger charge is -2.15. The summed E-state index contributed by atoms with van der Waals surface area (Å²) < 4.78 is 32.3. The van der Waals surface area contributed by atoms with Gasteiger partial charge in [-0.15, -0.1) is 0 Å². The van der Waals surface area contributed by atoms with Gasteiger partial charge in [0.2, 0.25) is 10.0 Å². The fourth-order valence-electron chi connectivity index (χ4n) is 2.37. The molecule has 0 bridgehead atoms. The molecule has 1 amide bonds. The van der Waals surface area contributed by atoms with Crippen molar-refractivity contribution in [1.82, 2.24) is 4.72 Å². The molecule has 1 atom stereocenters. The zero-order valence-electron chi connectivity index (χ0n) is 16.2. The molecule has 0 unspecified atom stereocenters. The molecule has 2 aromatic rings. The van der Waals surface area contributed by atoms with Gasteiger partial charge in [0, 0.05) is 17.3 Å². The monoisotopic (exact) mass is 404 g/mol. The summed E-state index contributed by atoms with van der Waals surface area (Å²) in [4.78, 5) is 23.7. The van der Waals surface area contributed by atoms with Gasteiger partial charge >= 0.3 is 0 Å². The van der Waals surface area contributed by atoms with E-state index in [1.807, 2.05) is 0 Å². The Kier molecular flexibility index (Phi) is 6.93. The van der Waals surface area contributed by atoms with Crippen LogP contribution in [0, 0.1) is 0 Å². The highest BCUT2D eigenvalue weighted by Crippen LogP contribution is 2.17. The minimum atomic E-state index is -3.58. The molecule has 0 aromatic heterocycles. The van der Waals surface area contributed by atoms with Gasteiger partial charge in [0.15, 0.2) is 11.9 Å². The first-order valence-corrected chi connectivity index (χ1v) is 10.3. The average molecular weight is 404 g/mol. The summed E-state index contributed by atoms with van der Waals surface area (Å²) in [5.74, 6) is 0.0341. The van der Waals surface area contributed by atoms with Crippen molar-refractivity contribution in [3.8, 4) is 5.75 Å². The number of rotatable bonds is 8. The summed E-state index contributed by atoms with van der Waals surface area (Å²) in [6.45, 7) is 6.54. The van der Waals surface area contributed by atoms with Gasteiger partial charge in [0.05, 0.1) is 4.90 Å². The minimum absolute atomic E-state index is 0.0496. The van der Waals surface area contributed by atoms with E-state index < -0.39 is 16.1 Å². The van der Waals surface area contributed by atoms with Gasteiger partial charge in [-0.3, -0.25) is 9.59 Å². The van der Waals surface area contributed by atoms with E-state index in [0.29, 0.717) is 17.0 Å². The maximum absolute atomic E-state index is 12.3. The van der Waals surface area contributed by atoms with E-state index in [9.17, 15) is 18.0 Å². The molecular weight excluding hydrogens is 380 g/mol. The van der Waals surface area contributed by atoms with E-state index in [2.05, 4.69) is 10.0 Å². The third-order valence-corrected chi connectivity index (χ3v) is 5.44. The Morgan fingerprint density at radius 2 is 1.50 bits per heavy atom. The molecule has 2 N–H and O–H groups in total. The predicted molar refractivity (Wildman–Crippen MR) is 107 cm³/mol. The number of sulfonamides is 1. The molecule has 8 heteroatoms. The van der Waals surface area contributed by atoms with Crippen LogP contribution in [0.1, 0.15) is 38.1 Å². The van der Waals surface area contributed by atoms with Crippen molar-refractivity contribution in [2.45, 2.75) is 44.7 Å². The number of nitrogens with one attached hydrogen (secondary N) is 2. The van der Waals surface area contributed by atoms with E-state index in [1.54, 1.807) is 45.0 Å². The highest BCUT2D eigenvalue weighted by molar-refractivity contribution is 7.89. The third-order valence-electron chi connectivity index (χ3n) is 3.77. The Morgan fingerprint density at radius 1 is 0.929 bits per heavy atom. The minimum Gasteiger partial charge on any atom is -0.481 e. The topological polar surface area (TPSA) is 102 Å². The van der Waals surface area contributed by atoms with Crippen LogP contribution in [0.5, 0.6) is 5.75 Å². The number of Topliss-reactive ketones (excluding diaryl/α,β-unsaturated/α-hetero) is 1. The first-order chi connectivity index (χ1) is 13.1. The van der Waals surface area contributed by atoms with Gasteiger partial charge in [-0.25, -0.2) is 13.1 Å². The van der Waals surface area contributed by atoms with Gasteiger partial charge in [-0.05, 0) is 76.2 Å². The number of benzene rings is 2. The van der Waals surface area contributed by atoms with Gasteiger partial charge in [0.1, 0.15) is 5.75 Å². The molecule has 0 aliphatic heterocycles. The number of anilines is 1. The number of hydrogen-bond donors (Lipinski definition) is 2. The Hall–Kier alpha value is -2.71. The van der Waals surface area contributed by atoms with Gasteiger partial charge in [-0.2, -0.15) is 0 Å². The zero-order valence-corrected chi connectivity index (χ0v) is 17.0. The molecule has 0 saturated carbocycles. The average Bonchev–Trinajstić information content (AvgIpc) is 2.61. The van der Waals surface area contributed by atoms with Crippen LogP contribution in [0.15, 0.2) is 53.4 Å². The van der Waals surface area contributed by atoms with E-state index >= 15 is 0 Å². The molecule has 0 saturated heterocycles. The molecule has 2 aromatic carbocycles. The summed E-state index contributed by atoms with van der Waals surface area (Å²) in [5, 5.41) is 2.68. The van der Waals surface area contributed by atoms with Gasteiger partial charge in [-0.1, -0.05) is 0 Å². The van der Waals surface area contributed by atoms with E-state index in [4.69, 9.17) is 4.74 Å². The molecule has 150 valence electrons. The van der Waals surface area contributed by atoms with Crippen molar-refractivity contribution in [2.24, 2.45) is 0 Å². The van der Waals surface area contributed by atoms with E-state index in [0.717, 1.165) is 0 Å². The zero-order chi connectivity index (χ0) is 20.9. The molecule has 0 fully saturated rings. The van der Waals surface area contributed by atoms with Crippen LogP contribution in [0.25, 0.3) is 0 Å². The van der Waals surface area contributed by atoms with E-state index in [-0.39, 0.29) is 22.6 Å². The molecule has 0 spiro atoms. The molecule has 0 radical (unpaired) electrons. The maximum Gasteiger partial charge on any atom is 0.265 e. The predicted octanol–water partition coefficient (Wildman–Crippen LogP) is 2.98. The molecule has 2 rings (SSSR count). The Balaban J connectivity index is 1.99. The summed E-state index contributed by atoms with van der Waals surface area (Å²) in [6.07, 6.45) is -0.783. The van der Waals surface area contributed by atoms with Crippen molar-refractivity contribution in [1.29, 1.82) is 0 Å². The van der Waals surface area contributed by atoms with Crippen LogP contribution in [0.4, 0.5) is 5.69 Å². The van der Waals surface area contributed by atoms with Crippen LogP contribution < -0.4 is 14.8 Å². The Labute approximate surface area is 165 Å². The highest BCUT2D eigenvalue weighted by atomic mass is 32.2. The van der Waals surface area contributed by atoms with Crippen molar-refractivity contribution in [3.05, 3.63) is 54.1 Å². The molecule has 28 heavy (non-hydrogen) atoms. The van der Waals surface area contributed by atoms with E-state index in [1.165, 1.54) is 31.2 Å². The Morgan fingerprint density at radius 3 is 2.00 bits per heavy atom.